The maximum Gasteiger partial charge on any atom is 0.257 e. The lowest BCUT2D eigenvalue weighted by atomic mass is 10.2. The first kappa shape index (κ1) is 12.9. The fourth-order valence-electron chi connectivity index (χ4n) is 1.61. The molecule has 2 aromatic rings. The van der Waals surface area contributed by atoms with Crippen LogP contribution in [0.5, 0.6) is 11.5 Å². The summed E-state index contributed by atoms with van der Waals surface area (Å²) in [6.45, 7) is 1.86. The molecular weight excluding hydrogens is 246 g/mol. The van der Waals surface area contributed by atoms with Crippen LogP contribution in [0.25, 0.3) is 0 Å². The maximum absolute atomic E-state index is 12.1. The van der Waals surface area contributed by atoms with E-state index in [1.54, 1.807) is 24.3 Å². The second-order valence-electron chi connectivity index (χ2n) is 3.99. The molecule has 0 aliphatic carbocycles. The summed E-state index contributed by atoms with van der Waals surface area (Å²) in [7, 11) is 3.07. The van der Waals surface area contributed by atoms with Crippen LogP contribution in [-0.2, 0) is 0 Å². The molecule has 0 aliphatic heterocycles. The lowest BCUT2D eigenvalue weighted by Crippen LogP contribution is -2.12. The molecule has 6 nitrogen and oxygen atoms in total. The van der Waals surface area contributed by atoms with Gasteiger partial charge in [-0.2, -0.15) is 5.10 Å². The van der Waals surface area contributed by atoms with Crippen molar-refractivity contribution in [1.29, 1.82) is 0 Å². The molecule has 1 heterocycles. The van der Waals surface area contributed by atoms with Gasteiger partial charge < -0.3 is 14.8 Å². The molecule has 0 spiro atoms. The number of benzene rings is 1. The van der Waals surface area contributed by atoms with Crippen LogP contribution in [0.4, 0.5) is 5.82 Å². The lowest BCUT2D eigenvalue weighted by molar-refractivity contribution is 0.102. The highest BCUT2D eigenvalue weighted by atomic mass is 16.5. The summed E-state index contributed by atoms with van der Waals surface area (Å²) in [5.41, 5.74) is 1.32. The normalized spacial score (nSPS) is 10.1. The molecule has 0 fully saturated rings. The molecule has 2 N–H and O–H groups in total. The lowest BCUT2D eigenvalue weighted by Gasteiger charge is -2.08. The van der Waals surface area contributed by atoms with Crippen molar-refractivity contribution in [1.82, 2.24) is 10.2 Å². The van der Waals surface area contributed by atoms with Gasteiger partial charge in [0.1, 0.15) is 11.5 Å². The number of amides is 1. The number of nitrogens with one attached hydrogen (secondary N) is 2. The number of methoxy groups -OCH3 is 2. The summed E-state index contributed by atoms with van der Waals surface area (Å²) in [4.78, 5) is 12.1. The zero-order chi connectivity index (χ0) is 13.8. The summed E-state index contributed by atoms with van der Waals surface area (Å²) in [5, 5.41) is 9.39. The van der Waals surface area contributed by atoms with Gasteiger partial charge in [0.25, 0.3) is 5.91 Å². The van der Waals surface area contributed by atoms with E-state index in [9.17, 15) is 4.79 Å². The van der Waals surface area contributed by atoms with Gasteiger partial charge in [0.2, 0.25) is 0 Å². The number of aromatic nitrogens is 2. The highest BCUT2D eigenvalue weighted by Crippen LogP contribution is 2.23. The Morgan fingerprint density at radius 3 is 2.26 bits per heavy atom. The Morgan fingerprint density at radius 2 is 1.79 bits per heavy atom. The van der Waals surface area contributed by atoms with Crippen molar-refractivity contribution in [3.8, 4) is 11.5 Å². The predicted molar refractivity (Wildman–Crippen MR) is 70.8 cm³/mol. The zero-order valence-corrected chi connectivity index (χ0v) is 11.0. The number of rotatable bonds is 4. The van der Waals surface area contributed by atoms with Crippen LogP contribution in [0.3, 0.4) is 0 Å². The number of aromatic amines is 1. The van der Waals surface area contributed by atoms with E-state index < -0.39 is 0 Å². The first-order chi connectivity index (χ1) is 9.12. The highest BCUT2D eigenvalue weighted by Gasteiger charge is 2.11. The van der Waals surface area contributed by atoms with E-state index in [0.29, 0.717) is 22.9 Å². The number of anilines is 1. The second kappa shape index (κ2) is 5.43. The van der Waals surface area contributed by atoms with E-state index in [0.717, 1.165) is 5.69 Å². The topological polar surface area (TPSA) is 76.2 Å². The van der Waals surface area contributed by atoms with Crippen LogP contribution in [0.1, 0.15) is 16.1 Å². The number of hydrogen-bond donors (Lipinski definition) is 2. The molecule has 0 unspecified atom stereocenters. The van der Waals surface area contributed by atoms with Gasteiger partial charge in [0.15, 0.2) is 5.82 Å². The van der Waals surface area contributed by atoms with Gasteiger partial charge >= 0.3 is 0 Å². The Balaban J connectivity index is 2.22. The summed E-state index contributed by atoms with van der Waals surface area (Å²) >= 11 is 0. The number of aryl methyl sites for hydroxylation is 1. The van der Waals surface area contributed by atoms with Gasteiger partial charge in [-0.05, 0) is 19.1 Å². The van der Waals surface area contributed by atoms with Crippen molar-refractivity contribution < 1.29 is 14.3 Å². The van der Waals surface area contributed by atoms with Crippen molar-refractivity contribution in [2.24, 2.45) is 0 Å². The maximum atomic E-state index is 12.1. The third kappa shape index (κ3) is 3.04. The zero-order valence-electron chi connectivity index (χ0n) is 11.0. The molecule has 6 heteroatoms. The SMILES string of the molecule is COc1cc(OC)cc(C(=O)Nc2cc(C)[nH]n2)c1. The largest absolute Gasteiger partial charge is 0.497 e. The van der Waals surface area contributed by atoms with Crippen LogP contribution < -0.4 is 14.8 Å². The van der Waals surface area contributed by atoms with Crippen LogP contribution in [0.15, 0.2) is 24.3 Å². The number of ether oxygens (including phenoxy) is 2. The van der Waals surface area contributed by atoms with E-state index in [4.69, 9.17) is 9.47 Å². The minimum absolute atomic E-state index is 0.274. The van der Waals surface area contributed by atoms with Crippen molar-refractivity contribution in [2.75, 3.05) is 19.5 Å². The number of carbonyl (C=O) groups is 1. The van der Waals surface area contributed by atoms with Gasteiger partial charge in [-0.25, -0.2) is 0 Å². The molecule has 0 bridgehead atoms. The van der Waals surface area contributed by atoms with Crippen molar-refractivity contribution in [3.63, 3.8) is 0 Å². The van der Waals surface area contributed by atoms with E-state index >= 15 is 0 Å². The molecule has 1 aromatic carbocycles. The summed E-state index contributed by atoms with van der Waals surface area (Å²) in [6, 6.07) is 6.72. The van der Waals surface area contributed by atoms with Gasteiger partial charge in [0, 0.05) is 23.4 Å². The van der Waals surface area contributed by atoms with Crippen molar-refractivity contribution in [2.45, 2.75) is 6.92 Å². The molecule has 0 aliphatic rings. The van der Waals surface area contributed by atoms with E-state index in [1.807, 2.05) is 6.92 Å². The average molecular weight is 261 g/mol. The van der Waals surface area contributed by atoms with Gasteiger partial charge in [-0.15, -0.1) is 0 Å². The molecule has 0 radical (unpaired) electrons. The van der Waals surface area contributed by atoms with Gasteiger partial charge in [-0.1, -0.05) is 0 Å². The van der Waals surface area contributed by atoms with E-state index in [1.165, 1.54) is 14.2 Å². The Labute approximate surface area is 110 Å². The fraction of sp³-hybridized carbons (Fsp3) is 0.231. The average Bonchev–Trinajstić information content (AvgIpc) is 2.83. The molecule has 19 heavy (non-hydrogen) atoms. The Bertz CT molecular complexity index is 570. The fourth-order valence-corrected chi connectivity index (χ4v) is 1.61. The summed E-state index contributed by atoms with van der Waals surface area (Å²) in [5.74, 6) is 1.32. The number of H-pyrrole nitrogens is 1. The van der Waals surface area contributed by atoms with Crippen LogP contribution in [0.2, 0.25) is 0 Å². The smallest absolute Gasteiger partial charge is 0.257 e. The van der Waals surface area contributed by atoms with Gasteiger partial charge in [0.05, 0.1) is 14.2 Å². The summed E-state index contributed by atoms with van der Waals surface area (Å²) < 4.78 is 10.2. The summed E-state index contributed by atoms with van der Waals surface area (Å²) in [6.07, 6.45) is 0. The Hall–Kier alpha value is -2.50. The standard InChI is InChI=1S/C13H15N3O3/c1-8-4-12(16-15-8)14-13(17)9-5-10(18-2)7-11(6-9)19-3/h4-7H,1-3H3,(H2,14,15,16,17). The quantitative estimate of drug-likeness (QED) is 0.882. The van der Waals surface area contributed by atoms with Crippen molar-refractivity contribution >= 4 is 11.7 Å². The van der Waals surface area contributed by atoms with Crippen LogP contribution >= 0.6 is 0 Å². The first-order valence-corrected chi connectivity index (χ1v) is 5.69. The molecule has 0 saturated heterocycles. The number of carbonyl (C=O) groups excluding carboxylic acids is 1. The predicted octanol–water partition coefficient (Wildman–Crippen LogP) is 1.99. The number of hydrogen-bond acceptors (Lipinski definition) is 4. The second-order valence-corrected chi connectivity index (χ2v) is 3.99. The minimum Gasteiger partial charge on any atom is -0.497 e. The van der Waals surface area contributed by atoms with Crippen molar-refractivity contribution in [3.05, 3.63) is 35.5 Å². The Kier molecular flexibility index (Phi) is 3.70. The Morgan fingerprint density at radius 1 is 1.16 bits per heavy atom. The minimum atomic E-state index is -0.274. The molecule has 2 rings (SSSR count). The van der Waals surface area contributed by atoms with Crippen LogP contribution in [0, 0.1) is 6.92 Å². The molecule has 0 atom stereocenters. The monoisotopic (exact) mass is 261 g/mol. The molecule has 1 aromatic heterocycles. The third-order valence-electron chi connectivity index (χ3n) is 2.56. The first-order valence-electron chi connectivity index (χ1n) is 5.69. The molecule has 100 valence electrons. The van der Waals surface area contributed by atoms with E-state index in [2.05, 4.69) is 15.5 Å². The van der Waals surface area contributed by atoms with E-state index in [-0.39, 0.29) is 5.91 Å². The van der Waals surface area contributed by atoms with Crippen LogP contribution in [-0.4, -0.2) is 30.3 Å². The number of nitrogens with zero attached hydrogens (tertiary/aromatic N) is 1. The molecular formula is C13H15N3O3. The molecule has 0 saturated carbocycles. The van der Waals surface area contributed by atoms with Gasteiger partial charge in [-0.3, -0.25) is 9.89 Å². The highest BCUT2D eigenvalue weighted by molar-refractivity contribution is 6.04. The third-order valence-corrected chi connectivity index (χ3v) is 2.56. The molecule has 1 amide bonds.